The maximum atomic E-state index is 9.86. The molecule has 0 atom stereocenters. The van der Waals surface area contributed by atoms with Crippen molar-refractivity contribution in [2.75, 3.05) is 0 Å². The standard InChI is InChI=1S/C50H39N5/c51-31-32-17-22-45-44(26-32)42-15-8-16-43(46(42)55(45)41-13-5-2-6-14-41)49-53-47(52-48(54-49)39-12-7-11-38(27-39)36-9-3-1-4-10-36)37-18-20-40(21-19-37)50-28-33-23-34(29-50)25-35(24-33)30-50/h1-22,26-27,33-35H,23-25,28-30H2/t33-,34-,35-,50?. The highest BCUT2D eigenvalue weighted by Gasteiger charge is 2.51. The van der Waals surface area contributed by atoms with E-state index in [2.05, 4.69) is 132 Å². The Kier molecular flexibility index (Phi) is 7.35. The fraction of sp³-hybridized carbons (Fsp3) is 0.200. The fourth-order valence-corrected chi connectivity index (χ4v) is 10.8. The van der Waals surface area contributed by atoms with Gasteiger partial charge >= 0.3 is 0 Å². The van der Waals surface area contributed by atoms with Gasteiger partial charge in [0.15, 0.2) is 17.5 Å². The van der Waals surface area contributed by atoms with Crippen LogP contribution in [0.3, 0.4) is 0 Å². The molecule has 0 radical (unpaired) electrons. The first-order chi connectivity index (χ1) is 27.1. The number of hydrogen-bond acceptors (Lipinski definition) is 4. The van der Waals surface area contributed by atoms with Crippen molar-refractivity contribution < 1.29 is 0 Å². The van der Waals surface area contributed by atoms with Crippen LogP contribution in [0.4, 0.5) is 0 Å². The van der Waals surface area contributed by atoms with Crippen molar-refractivity contribution in [3.63, 3.8) is 0 Å². The third kappa shape index (κ3) is 5.39. The first kappa shape index (κ1) is 32.1. The zero-order valence-electron chi connectivity index (χ0n) is 30.6. The normalized spacial score (nSPS) is 21.3. The summed E-state index contributed by atoms with van der Waals surface area (Å²) in [6.45, 7) is 0. The second-order valence-corrected chi connectivity index (χ2v) is 16.2. The second kappa shape index (κ2) is 12.6. The number of fused-ring (bicyclic) bond motifs is 3. The first-order valence-electron chi connectivity index (χ1n) is 19.7. The van der Waals surface area contributed by atoms with Crippen molar-refractivity contribution in [1.82, 2.24) is 19.5 Å². The predicted octanol–water partition coefficient (Wildman–Crippen LogP) is 12.0. The van der Waals surface area contributed by atoms with Crippen molar-refractivity contribution in [2.45, 2.75) is 43.9 Å². The topological polar surface area (TPSA) is 67.4 Å². The van der Waals surface area contributed by atoms with E-state index in [4.69, 9.17) is 15.0 Å². The predicted molar refractivity (Wildman–Crippen MR) is 220 cm³/mol. The molecular weight excluding hydrogens is 671 g/mol. The van der Waals surface area contributed by atoms with E-state index in [1.54, 1.807) is 0 Å². The Morgan fingerprint density at radius 3 is 1.85 bits per heavy atom. The molecule has 4 aliphatic rings. The molecule has 0 amide bonds. The molecule has 0 saturated heterocycles. The van der Waals surface area contributed by atoms with Gasteiger partial charge in [-0.1, -0.05) is 103 Å². The average molecular weight is 710 g/mol. The van der Waals surface area contributed by atoms with E-state index < -0.39 is 0 Å². The van der Waals surface area contributed by atoms with E-state index in [0.29, 0.717) is 28.5 Å². The highest BCUT2D eigenvalue weighted by molar-refractivity contribution is 6.13. The van der Waals surface area contributed by atoms with Gasteiger partial charge in [-0.15, -0.1) is 0 Å². The summed E-state index contributed by atoms with van der Waals surface area (Å²) in [5.74, 6) is 4.59. The Balaban J connectivity index is 1.11. The number of nitriles is 1. The Morgan fingerprint density at radius 1 is 0.527 bits per heavy atom. The van der Waals surface area contributed by atoms with Gasteiger partial charge in [0, 0.05) is 33.2 Å². The van der Waals surface area contributed by atoms with Crippen molar-refractivity contribution in [1.29, 1.82) is 5.26 Å². The molecule has 0 unspecified atom stereocenters. The molecule has 8 aromatic rings. The lowest BCUT2D eigenvalue weighted by Crippen LogP contribution is -2.48. The zero-order chi connectivity index (χ0) is 36.5. The third-order valence-electron chi connectivity index (χ3n) is 12.8. The molecule has 4 fully saturated rings. The van der Waals surface area contributed by atoms with E-state index in [1.807, 2.05) is 24.3 Å². The monoisotopic (exact) mass is 709 g/mol. The molecule has 4 saturated carbocycles. The van der Waals surface area contributed by atoms with E-state index in [-0.39, 0.29) is 0 Å². The smallest absolute Gasteiger partial charge is 0.166 e. The number of rotatable bonds is 6. The number of benzene rings is 6. The highest BCUT2D eigenvalue weighted by atomic mass is 15.0. The molecule has 0 N–H and O–H groups in total. The molecule has 4 aliphatic carbocycles. The van der Waals surface area contributed by atoms with Crippen LogP contribution in [0.2, 0.25) is 0 Å². The average Bonchev–Trinajstić information content (AvgIpc) is 3.57. The highest BCUT2D eigenvalue weighted by Crippen LogP contribution is 2.60. The largest absolute Gasteiger partial charge is 0.308 e. The minimum atomic E-state index is 0.326. The molecule has 0 spiro atoms. The SMILES string of the molecule is N#Cc1ccc2c(c1)c1cccc(-c3nc(-c4ccc(C56C[C@H]7C[C@H](C5)C[C@@H](C6)C7)cc4)nc(-c4cccc(-c5ccccc5)c4)n3)c1n2-c1ccccc1. The lowest BCUT2D eigenvalue weighted by molar-refractivity contribution is -0.00518. The van der Waals surface area contributed by atoms with Crippen LogP contribution < -0.4 is 0 Å². The van der Waals surface area contributed by atoms with Gasteiger partial charge < -0.3 is 4.57 Å². The van der Waals surface area contributed by atoms with Gasteiger partial charge in [-0.3, -0.25) is 0 Å². The van der Waals surface area contributed by atoms with Gasteiger partial charge in [0.05, 0.1) is 22.7 Å². The summed E-state index contributed by atoms with van der Waals surface area (Å²) in [6, 6.07) is 53.2. The third-order valence-corrected chi connectivity index (χ3v) is 12.8. The van der Waals surface area contributed by atoms with Gasteiger partial charge in [0.1, 0.15) is 0 Å². The van der Waals surface area contributed by atoms with E-state index in [0.717, 1.165) is 73.1 Å². The molecule has 264 valence electrons. The molecule has 2 heterocycles. The van der Waals surface area contributed by atoms with Crippen LogP contribution in [0.5, 0.6) is 0 Å². The number of para-hydroxylation sites is 2. The van der Waals surface area contributed by atoms with Crippen LogP contribution in [0.15, 0.2) is 146 Å². The second-order valence-electron chi connectivity index (χ2n) is 16.2. The van der Waals surface area contributed by atoms with Gasteiger partial charge in [-0.05, 0) is 121 Å². The van der Waals surface area contributed by atoms with Gasteiger partial charge in [-0.2, -0.15) is 5.26 Å². The van der Waals surface area contributed by atoms with Crippen molar-refractivity contribution in [3.05, 3.63) is 157 Å². The maximum absolute atomic E-state index is 9.86. The molecule has 4 bridgehead atoms. The summed E-state index contributed by atoms with van der Waals surface area (Å²) in [5, 5.41) is 11.9. The molecule has 2 aromatic heterocycles. The summed E-state index contributed by atoms with van der Waals surface area (Å²) >= 11 is 0. The Bertz CT molecular complexity index is 2760. The Labute approximate surface area is 321 Å². The molecular formula is C50H39N5. The lowest BCUT2D eigenvalue weighted by Gasteiger charge is -2.57. The van der Waals surface area contributed by atoms with E-state index in [9.17, 15) is 5.26 Å². The Morgan fingerprint density at radius 2 is 1.15 bits per heavy atom. The lowest BCUT2D eigenvalue weighted by atomic mass is 9.48. The van der Waals surface area contributed by atoms with E-state index in [1.165, 1.54) is 44.1 Å². The number of hydrogen-bond donors (Lipinski definition) is 0. The summed E-state index contributed by atoms with van der Waals surface area (Å²) in [4.78, 5) is 15.8. The molecule has 55 heavy (non-hydrogen) atoms. The van der Waals surface area contributed by atoms with Crippen LogP contribution in [0.25, 0.3) is 72.8 Å². The van der Waals surface area contributed by atoms with Crippen LogP contribution in [-0.4, -0.2) is 19.5 Å². The van der Waals surface area contributed by atoms with Crippen molar-refractivity contribution >= 4 is 21.8 Å². The quantitative estimate of drug-likeness (QED) is 0.172. The van der Waals surface area contributed by atoms with Crippen molar-refractivity contribution in [2.24, 2.45) is 17.8 Å². The van der Waals surface area contributed by atoms with Gasteiger partial charge in [0.2, 0.25) is 0 Å². The fourth-order valence-electron chi connectivity index (χ4n) is 10.8. The Hall–Kier alpha value is -6.38. The number of aromatic nitrogens is 4. The number of nitrogens with zero attached hydrogens (tertiary/aromatic N) is 5. The molecule has 6 aromatic carbocycles. The van der Waals surface area contributed by atoms with Crippen molar-refractivity contribution in [3.8, 4) is 57.0 Å². The van der Waals surface area contributed by atoms with Crippen LogP contribution in [0.1, 0.15) is 49.7 Å². The molecule has 5 nitrogen and oxygen atoms in total. The maximum Gasteiger partial charge on any atom is 0.166 e. The first-order valence-corrected chi connectivity index (χ1v) is 19.7. The summed E-state index contributed by atoms with van der Waals surface area (Å²) in [6.07, 6.45) is 8.33. The zero-order valence-corrected chi connectivity index (χ0v) is 30.6. The van der Waals surface area contributed by atoms with E-state index >= 15 is 0 Å². The summed E-state index contributed by atoms with van der Waals surface area (Å²) < 4.78 is 2.28. The van der Waals surface area contributed by atoms with Crippen LogP contribution in [-0.2, 0) is 5.41 Å². The molecule has 12 rings (SSSR count). The van der Waals surface area contributed by atoms with Crippen LogP contribution in [0, 0.1) is 29.1 Å². The van der Waals surface area contributed by atoms with Gasteiger partial charge in [-0.25, -0.2) is 15.0 Å². The molecule has 5 heteroatoms. The minimum absolute atomic E-state index is 0.326. The van der Waals surface area contributed by atoms with Crippen LogP contribution >= 0.6 is 0 Å². The molecule has 0 aliphatic heterocycles. The van der Waals surface area contributed by atoms with Gasteiger partial charge in [0.25, 0.3) is 0 Å². The minimum Gasteiger partial charge on any atom is -0.308 e. The summed E-state index contributed by atoms with van der Waals surface area (Å²) in [5.41, 5.74) is 10.6. The summed E-state index contributed by atoms with van der Waals surface area (Å²) in [7, 11) is 0.